The van der Waals surface area contributed by atoms with E-state index in [9.17, 15) is 107 Å². The van der Waals surface area contributed by atoms with Gasteiger partial charge >= 0.3 is 12.4 Å². The van der Waals surface area contributed by atoms with Gasteiger partial charge in [-0.15, -0.1) is 4.33 Å². The molecule has 0 unspecified atom stereocenters. The molecular weight excluding hydrogens is 1110 g/mol. The van der Waals surface area contributed by atoms with E-state index in [-0.39, 0.29) is 39.8 Å². The average Bonchev–Trinajstić information content (AvgIpc) is 3.19. The molecule has 73 heavy (non-hydrogen) atoms. The van der Waals surface area contributed by atoms with Gasteiger partial charge in [0.05, 0.1) is 40.6 Å². The van der Waals surface area contributed by atoms with Gasteiger partial charge in [0.25, 0.3) is 11.4 Å². The molecule has 410 valence electrons. The lowest BCUT2D eigenvalue weighted by molar-refractivity contribution is -0.396. The van der Waals surface area contributed by atoms with E-state index in [1.807, 2.05) is 13.8 Å². The zero-order chi connectivity index (χ0) is 57.5. The maximum absolute atomic E-state index is 13.2. The topological polar surface area (TPSA) is 334 Å². The lowest BCUT2D eigenvalue weighted by Crippen LogP contribution is -2.19. The Morgan fingerprint density at radius 3 is 1.07 bits per heavy atom. The molecule has 0 saturated carbocycles. The number of nitro benzene ring substituents is 2. The van der Waals surface area contributed by atoms with Crippen LogP contribution in [0.4, 0.5) is 46.5 Å². The molecule has 20 nitrogen and oxygen atoms in total. The molecule has 0 aliphatic rings. The van der Waals surface area contributed by atoms with Crippen LogP contribution in [0.25, 0.3) is 0 Å². The summed E-state index contributed by atoms with van der Waals surface area (Å²) in [6, 6.07) is 4.60. The minimum atomic E-state index is -5.46. The Bertz CT molecular complexity index is 3060. The minimum absolute atomic E-state index is 0.0626. The van der Waals surface area contributed by atoms with Crippen LogP contribution in [0.2, 0.25) is 0 Å². The molecule has 0 N–H and O–H groups in total. The van der Waals surface area contributed by atoms with E-state index < -0.39 is 135 Å². The summed E-state index contributed by atoms with van der Waals surface area (Å²) in [6.45, 7) is 13.9. The van der Waals surface area contributed by atoms with Crippen molar-refractivity contribution in [1.82, 2.24) is 0 Å². The SMILES string of the molecule is CC(C)c1c(C(F)(F)F)cc(S(=O)(=O)[O-])cc1C(F)(F)F.CC(C)c1c(F)cc(S(=O)(=O)[O-])cc1F.CC(C)c1c([N+](=O)[O-])cc(S(=O)(=O)[O-])cc1[N+](=O)[O-].CSOOc1cc(S(=O)(=O)[O-])cc(C)c1C(C)C. The van der Waals surface area contributed by atoms with Crippen molar-refractivity contribution in [3.63, 3.8) is 0 Å². The predicted octanol–water partition coefficient (Wildman–Crippen LogP) is 9.89. The van der Waals surface area contributed by atoms with Crippen molar-refractivity contribution in [2.45, 2.75) is 118 Å². The van der Waals surface area contributed by atoms with Crippen LogP contribution < -0.4 is 4.89 Å². The van der Waals surface area contributed by atoms with Crippen molar-refractivity contribution in [2.75, 3.05) is 6.26 Å². The van der Waals surface area contributed by atoms with Gasteiger partial charge in [0.1, 0.15) is 57.7 Å². The van der Waals surface area contributed by atoms with E-state index in [0.717, 1.165) is 31.5 Å². The fourth-order valence-electron chi connectivity index (χ4n) is 6.51. The first kappa shape index (κ1) is 65.9. The molecule has 0 atom stereocenters. The van der Waals surface area contributed by atoms with Gasteiger partial charge in [0.2, 0.25) is 0 Å². The Labute approximate surface area is 417 Å². The Hall–Kier alpha value is -5.13. The molecule has 0 saturated heterocycles. The number of nitro groups is 2. The summed E-state index contributed by atoms with van der Waals surface area (Å²) in [6.07, 6.45) is -8.78. The molecule has 0 amide bonds. The normalized spacial score (nSPS) is 12.4. The largest absolute Gasteiger partial charge is 0.744 e. The Balaban J connectivity index is 0.000000490. The third kappa shape index (κ3) is 18.6. The van der Waals surface area contributed by atoms with E-state index in [4.69, 9.17) is 9.22 Å². The van der Waals surface area contributed by atoms with Crippen LogP contribution >= 0.6 is 12.0 Å². The summed E-state index contributed by atoms with van der Waals surface area (Å²) in [4.78, 5) is 21.1. The van der Waals surface area contributed by atoms with Gasteiger partial charge in [-0.2, -0.15) is 26.3 Å². The van der Waals surface area contributed by atoms with Crippen LogP contribution in [0.5, 0.6) is 5.75 Å². The highest BCUT2D eigenvalue weighted by molar-refractivity contribution is 7.93. The quantitative estimate of drug-likeness (QED) is 0.0300. The second-order valence-corrected chi connectivity index (χ2v) is 22.0. The highest BCUT2D eigenvalue weighted by atomic mass is 32.2. The highest BCUT2D eigenvalue weighted by Gasteiger charge is 2.42. The zero-order valence-corrected chi connectivity index (χ0v) is 43.3. The molecule has 0 heterocycles. The number of hydrogen-bond acceptors (Lipinski definition) is 19. The maximum Gasteiger partial charge on any atom is 0.416 e. The van der Waals surface area contributed by atoms with Crippen LogP contribution in [0.15, 0.2) is 68.1 Å². The number of nitrogens with zero attached hydrogens (tertiary/aromatic N) is 2. The third-order valence-corrected chi connectivity index (χ3v) is 12.8. The van der Waals surface area contributed by atoms with Crippen molar-refractivity contribution in [1.29, 1.82) is 0 Å². The van der Waals surface area contributed by atoms with Crippen LogP contribution in [-0.2, 0) is 57.2 Å². The van der Waals surface area contributed by atoms with Gasteiger partial charge in [0.15, 0.2) is 5.75 Å². The molecule has 0 aliphatic carbocycles. The molecule has 0 spiro atoms. The van der Waals surface area contributed by atoms with E-state index >= 15 is 0 Å². The molecule has 0 fully saturated rings. The van der Waals surface area contributed by atoms with E-state index in [1.54, 1.807) is 27.0 Å². The van der Waals surface area contributed by atoms with Gasteiger partial charge in [-0.05, 0) is 72.1 Å². The molecule has 0 aromatic heterocycles. The number of alkyl halides is 6. The van der Waals surface area contributed by atoms with Crippen molar-refractivity contribution in [3.05, 3.63) is 119 Å². The molecule has 4 rings (SSSR count). The van der Waals surface area contributed by atoms with Crippen molar-refractivity contribution < 1.29 is 106 Å². The van der Waals surface area contributed by atoms with Gasteiger partial charge in [-0.3, -0.25) is 20.2 Å². The molecule has 33 heteroatoms. The number of hydrogen-bond donors (Lipinski definition) is 0. The van der Waals surface area contributed by atoms with Gasteiger partial charge in [-0.1, -0.05) is 55.4 Å². The minimum Gasteiger partial charge on any atom is -0.744 e. The standard InChI is InChI=1S/C11H10F6O3S.C11H16O5S2.C9H10F2O3S.C9H10N2O7S/c1-5(2)9-7(10(12,13)14)3-6(21(18,19)20)4-8(9)11(15,16)17;1-7(2)11-8(3)5-9(18(12,13)14)6-10(11)15-16-17-4;1-5(2)9-7(10)3-6(4-8(9)11)15(12,13)14;1-5(2)9-7(10(12)13)3-6(19(16,17)18)4-8(9)11(14)15/h3-5H,1-2H3,(H,18,19,20);5-7H,1-4H3,(H,12,13,14);3-5H,1-2H3,(H,12,13,14);3-5H,1-2H3,(H,16,17,18)/p-4. The Morgan fingerprint density at radius 2 is 0.795 bits per heavy atom. The first-order valence-corrected chi connectivity index (χ1v) is 26.6. The number of benzene rings is 4. The summed E-state index contributed by atoms with van der Waals surface area (Å²) in [5, 5.41) is 21.7. The third-order valence-electron chi connectivity index (χ3n) is 9.30. The van der Waals surface area contributed by atoms with E-state index in [0.29, 0.717) is 29.8 Å². The number of rotatable bonds is 13. The number of aryl methyl sites for hydroxylation is 1. The monoisotopic (exact) mass is 1150 g/mol. The zero-order valence-electron chi connectivity index (χ0n) is 39.2. The van der Waals surface area contributed by atoms with Crippen molar-refractivity contribution >= 4 is 63.9 Å². The van der Waals surface area contributed by atoms with E-state index in [1.165, 1.54) is 26.0 Å². The lowest BCUT2D eigenvalue weighted by Gasteiger charge is -2.23. The highest BCUT2D eigenvalue weighted by Crippen LogP contribution is 2.44. The fourth-order valence-corrected chi connectivity index (χ4v) is 8.76. The van der Waals surface area contributed by atoms with Gasteiger partial charge in [-0.25, -0.2) is 42.5 Å². The van der Waals surface area contributed by atoms with Gasteiger partial charge in [0, 0.05) is 47.6 Å². The van der Waals surface area contributed by atoms with Crippen molar-refractivity contribution in [3.8, 4) is 5.75 Å². The molecule has 4 aromatic carbocycles. The van der Waals surface area contributed by atoms with Crippen molar-refractivity contribution in [2.24, 2.45) is 0 Å². The van der Waals surface area contributed by atoms with Crippen LogP contribution in [0, 0.1) is 38.8 Å². The summed E-state index contributed by atoms with van der Waals surface area (Å²) >= 11 is 0.986. The molecule has 0 radical (unpaired) electrons. The van der Waals surface area contributed by atoms with Gasteiger partial charge < -0.3 is 23.1 Å². The fraction of sp³-hybridized carbons (Fsp3) is 0.400. The summed E-state index contributed by atoms with van der Waals surface area (Å²) in [5.74, 6) is -3.83. The first-order chi connectivity index (χ1) is 32.7. The van der Waals surface area contributed by atoms with Crippen LogP contribution in [0.1, 0.15) is 118 Å². The molecular formula is C40H42F8N2O18S5-4. The number of halogens is 8. The summed E-state index contributed by atoms with van der Waals surface area (Å²) < 4.78 is 238. The Morgan fingerprint density at radius 1 is 0.493 bits per heavy atom. The smallest absolute Gasteiger partial charge is 0.416 e. The molecule has 0 aliphatic heterocycles. The summed E-state index contributed by atoms with van der Waals surface area (Å²) in [5.41, 5.74) is -5.09. The van der Waals surface area contributed by atoms with E-state index in [2.05, 4.69) is 0 Å². The maximum atomic E-state index is 13.2. The Kier molecular flexibility index (Phi) is 22.5. The molecule has 4 aromatic rings. The lowest BCUT2D eigenvalue weighted by atomic mass is 9.91. The second kappa shape index (κ2) is 24.9. The summed E-state index contributed by atoms with van der Waals surface area (Å²) in [7, 11) is -19.8. The molecule has 0 bridgehead atoms. The second-order valence-electron chi connectivity index (χ2n) is 16.0. The van der Waals surface area contributed by atoms with Crippen LogP contribution in [0.3, 0.4) is 0 Å². The van der Waals surface area contributed by atoms with Crippen LogP contribution in [-0.4, -0.2) is 68.0 Å². The predicted molar refractivity (Wildman–Crippen MR) is 237 cm³/mol. The first-order valence-electron chi connectivity index (χ1n) is 19.8. The average molecular weight is 1150 g/mol.